The van der Waals surface area contributed by atoms with Crippen molar-refractivity contribution in [3.63, 3.8) is 0 Å². The number of nitrogens with one attached hydrogen (secondary N) is 2. The summed E-state index contributed by atoms with van der Waals surface area (Å²) in [6, 6.07) is 9.55. The average molecular weight is 417 g/mol. The summed E-state index contributed by atoms with van der Waals surface area (Å²) in [5.41, 5.74) is 9.39. The number of nitrogens with zero attached hydrogens (tertiary/aromatic N) is 2. The third-order valence-electron chi connectivity index (χ3n) is 5.11. The van der Waals surface area contributed by atoms with Crippen LogP contribution in [0.15, 0.2) is 53.4 Å². The van der Waals surface area contributed by atoms with Crippen LogP contribution in [0.2, 0.25) is 0 Å². The van der Waals surface area contributed by atoms with Crippen LogP contribution in [0.5, 0.6) is 0 Å². The Bertz CT molecular complexity index is 762. The number of carbonyl (C=O) groups is 1. The molecule has 1 aromatic carbocycles. The first-order valence-corrected chi connectivity index (χ1v) is 10.3. The van der Waals surface area contributed by atoms with Gasteiger partial charge in [-0.1, -0.05) is 44.2 Å². The van der Waals surface area contributed by atoms with Gasteiger partial charge < -0.3 is 25.2 Å². The van der Waals surface area contributed by atoms with Gasteiger partial charge in [-0.25, -0.2) is 5.53 Å². The Morgan fingerprint density at radius 3 is 2.63 bits per heavy atom. The Morgan fingerprint density at radius 1 is 1.30 bits per heavy atom. The predicted octanol–water partition coefficient (Wildman–Crippen LogP) is 2.65. The van der Waals surface area contributed by atoms with E-state index < -0.39 is 12.0 Å². The van der Waals surface area contributed by atoms with Crippen LogP contribution in [0.4, 0.5) is 0 Å². The first-order chi connectivity index (χ1) is 14.4. The smallest absolute Gasteiger partial charge is 0.351 e. The van der Waals surface area contributed by atoms with E-state index in [-0.39, 0.29) is 18.9 Å². The molecule has 1 aliphatic heterocycles. The number of ether oxygens (including phenoxy) is 1. The molecule has 2 atom stereocenters. The summed E-state index contributed by atoms with van der Waals surface area (Å²) in [6.07, 6.45) is 3.55. The molecular weight excluding hydrogens is 384 g/mol. The highest BCUT2D eigenvalue weighted by atomic mass is 16.6. The van der Waals surface area contributed by atoms with Gasteiger partial charge in [-0.15, -0.1) is 5.11 Å². The number of benzene rings is 1. The Balaban J connectivity index is 1.86. The second kappa shape index (κ2) is 11.6. The zero-order chi connectivity index (χ0) is 22.0. The van der Waals surface area contributed by atoms with Gasteiger partial charge in [0.15, 0.2) is 0 Å². The largest absolute Gasteiger partial charge is 0.446 e. The SMILES string of the molecule is CCN(CC)CC(O)CNC(=O)CCCC1=CC(c2ccccc2)=COC1(O)N=N. The molecule has 2 rings (SSSR count). The fourth-order valence-corrected chi connectivity index (χ4v) is 3.26. The van der Waals surface area contributed by atoms with Crippen LogP contribution >= 0.6 is 0 Å². The van der Waals surface area contributed by atoms with Crippen molar-refractivity contribution in [1.29, 1.82) is 5.53 Å². The van der Waals surface area contributed by atoms with Crippen molar-refractivity contribution in [2.24, 2.45) is 5.11 Å². The molecule has 0 saturated heterocycles. The van der Waals surface area contributed by atoms with E-state index in [0.29, 0.717) is 25.0 Å². The van der Waals surface area contributed by atoms with Crippen LogP contribution in [0.3, 0.4) is 0 Å². The first kappa shape index (κ1) is 23.7. The minimum atomic E-state index is -2.03. The maximum atomic E-state index is 12.1. The second-order valence-corrected chi connectivity index (χ2v) is 7.24. The molecule has 30 heavy (non-hydrogen) atoms. The molecular formula is C22H32N4O4. The number of allylic oxidation sites excluding steroid dienone is 2. The normalized spacial score (nSPS) is 19.5. The highest BCUT2D eigenvalue weighted by Gasteiger charge is 2.35. The Hall–Kier alpha value is -2.55. The summed E-state index contributed by atoms with van der Waals surface area (Å²) in [4.78, 5) is 14.2. The van der Waals surface area contributed by atoms with Crippen LogP contribution in [0.25, 0.3) is 5.57 Å². The molecule has 1 aliphatic rings. The number of aliphatic hydroxyl groups excluding tert-OH is 1. The zero-order valence-electron chi connectivity index (χ0n) is 17.7. The molecule has 0 saturated carbocycles. The lowest BCUT2D eigenvalue weighted by Crippen LogP contribution is -2.40. The average Bonchev–Trinajstić information content (AvgIpc) is 2.77. The fraction of sp³-hybridized carbons (Fsp3) is 0.500. The minimum Gasteiger partial charge on any atom is -0.446 e. The lowest BCUT2D eigenvalue weighted by molar-refractivity contribution is -0.139. The van der Waals surface area contributed by atoms with Crippen molar-refractivity contribution in [1.82, 2.24) is 10.2 Å². The molecule has 4 N–H and O–H groups in total. The van der Waals surface area contributed by atoms with Crippen LogP contribution in [-0.4, -0.2) is 59.2 Å². The second-order valence-electron chi connectivity index (χ2n) is 7.24. The maximum absolute atomic E-state index is 12.1. The zero-order valence-corrected chi connectivity index (χ0v) is 17.7. The van der Waals surface area contributed by atoms with Gasteiger partial charge in [0.05, 0.1) is 12.4 Å². The van der Waals surface area contributed by atoms with E-state index in [1.165, 1.54) is 6.26 Å². The van der Waals surface area contributed by atoms with Gasteiger partial charge in [0.1, 0.15) is 0 Å². The monoisotopic (exact) mass is 416 g/mol. The van der Waals surface area contributed by atoms with E-state index in [4.69, 9.17) is 10.3 Å². The van der Waals surface area contributed by atoms with Crippen molar-refractivity contribution in [2.75, 3.05) is 26.2 Å². The van der Waals surface area contributed by atoms with Crippen LogP contribution in [0.1, 0.15) is 38.7 Å². The molecule has 0 fully saturated rings. The van der Waals surface area contributed by atoms with Crippen molar-refractivity contribution in [3.8, 4) is 0 Å². The number of rotatable bonds is 12. The van der Waals surface area contributed by atoms with Crippen molar-refractivity contribution >= 4 is 11.5 Å². The van der Waals surface area contributed by atoms with Gasteiger partial charge in [0, 0.05) is 30.7 Å². The minimum absolute atomic E-state index is 0.170. The highest BCUT2D eigenvalue weighted by molar-refractivity contribution is 5.76. The van der Waals surface area contributed by atoms with Gasteiger partial charge in [0.2, 0.25) is 5.91 Å². The Kier molecular flexibility index (Phi) is 9.16. The lowest BCUT2D eigenvalue weighted by atomic mass is 9.97. The first-order valence-electron chi connectivity index (χ1n) is 10.3. The number of amides is 1. The van der Waals surface area contributed by atoms with Gasteiger partial charge in [-0.05, 0) is 37.6 Å². The van der Waals surface area contributed by atoms with E-state index in [0.717, 1.165) is 24.2 Å². The number of hydrogen-bond acceptors (Lipinski definition) is 7. The van der Waals surface area contributed by atoms with Gasteiger partial charge >= 0.3 is 5.91 Å². The fourth-order valence-electron chi connectivity index (χ4n) is 3.26. The van der Waals surface area contributed by atoms with Crippen LogP contribution in [0, 0.1) is 5.53 Å². The summed E-state index contributed by atoms with van der Waals surface area (Å²) in [7, 11) is 0. The van der Waals surface area contributed by atoms with E-state index in [2.05, 4.69) is 15.3 Å². The van der Waals surface area contributed by atoms with Crippen LogP contribution < -0.4 is 5.32 Å². The lowest BCUT2D eigenvalue weighted by Gasteiger charge is -2.28. The number of likely N-dealkylation sites (N-methyl/N-ethyl adjacent to an activating group) is 1. The van der Waals surface area contributed by atoms with E-state index in [9.17, 15) is 15.0 Å². The molecule has 1 aromatic rings. The third kappa shape index (κ3) is 6.76. The van der Waals surface area contributed by atoms with E-state index in [1.807, 2.05) is 44.2 Å². The van der Waals surface area contributed by atoms with Gasteiger partial charge in [-0.3, -0.25) is 4.79 Å². The Labute approximate surface area is 177 Å². The molecule has 0 spiro atoms. The highest BCUT2D eigenvalue weighted by Crippen LogP contribution is 2.34. The molecule has 2 unspecified atom stereocenters. The Morgan fingerprint density at radius 2 is 2.00 bits per heavy atom. The van der Waals surface area contributed by atoms with Crippen molar-refractivity contribution < 1.29 is 19.7 Å². The molecule has 1 amide bonds. The molecule has 1 heterocycles. The number of aliphatic hydroxyl groups is 2. The van der Waals surface area contributed by atoms with E-state index in [1.54, 1.807) is 6.08 Å². The molecule has 0 aliphatic carbocycles. The number of carbonyl (C=O) groups excluding carboxylic acids is 1. The molecule has 8 nitrogen and oxygen atoms in total. The quantitative estimate of drug-likeness (QED) is 0.391. The molecule has 0 radical (unpaired) electrons. The maximum Gasteiger partial charge on any atom is 0.351 e. The standard InChI is InChI=1S/C22H32N4O4/c1-3-26(4-2)15-20(27)14-24-21(28)12-8-11-19-13-18(16-30-22(19,29)25-23)17-9-6-5-7-10-17/h5-7,9-10,13,16,20,23,27,29H,3-4,8,11-12,14-15H2,1-2H3,(H,24,28). The summed E-state index contributed by atoms with van der Waals surface area (Å²) < 4.78 is 5.32. The molecule has 8 heteroatoms. The summed E-state index contributed by atoms with van der Waals surface area (Å²) in [5, 5.41) is 26.5. The van der Waals surface area contributed by atoms with Crippen molar-refractivity contribution in [3.05, 3.63) is 53.8 Å². The summed E-state index contributed by atoms with van der Waals surface area (Å²) >= 11 is 0. The summed E-state index contributed by atoms with van der Waals surface area (Å²) in [6.45, 7) is 6.48. The van der Waals surface area contributed by atoms with Crippen LogP contribution in [-0.2, 0) is 9.53 Å². The molecule has 0 aromatic heterocycles. The number of hydrogen-bond donors (Lipinski definition) is 4. The third-order valence-corrected chi connectivity index (χ3v) is 5.11. The molecule has 0 bridgehead atoms. The van der Waals surface area contributed by atoms with Gasteiger partial charge in [-0.2, -0.15) is 0 Å². The topological polar surface area (TPSA) is 118 Å². The van der Waals surface area contributed by atoms with E-state index >= 15 is 0 Å². The van der Waals surface area contributed by atoms with Crippen molar-refractivity contribution in [2.45, 2.75) is 45.1 Å². The van der Waals surface area contributed by atoms with Gasteiger partial charge in [0.25, 0.3) is 0 Å². The predicted molar refractivity (Wildman–Crippen MR) is 114 cm³/mol. The molecule has 164 valence electrons. The summed E-state index contributed by atoms with van der Waals surface area (Å²) in [5.74, 6) is -2.20.